The molecule has 5 heteroatoms. The normalized spacial score (nSPS) is 22.5. The van der Waals surface area contributed by atoms with Crippen molar-refractivity contribution in [2.24, 2.45) is 5.73 Å². The Morgan fingerprint density at radius 2 is 1.83 bits per heavy atom. The molecule has 72 valence electrons. The van der Waals surface area contributed by atoms with Crippen molar-refractivity contribution < 1.29 is 17.6 Å². The number of rotatable bonds is 3. The molecule has 0 aliphatic heterocycles. The van der Waals surface area contributed by atoms with Gasteiger partial charge in [-0.05, 0) is 19.3 Å². The first kappa shape index (κ1) is 9.77. The second-order valence-corrected chi connectivity index (χ2v) is 3.45. The fraction of sp³-hybridized carbons (Fsp3) is 1.00. The van der Waals surface area contributed by atoms with Gasteiger partial charge in [-0.15, -0.1) is 0 Å². The maximum atomic E-state index is 12.4. The highest BCUT2D eigenvalue weighted by atomic mass is 19.3. The van der Waals surface area contributed by atoms with Crippen LogP contribution in [-0.2, 0) is 0 Å². The van der Waals surface area contributed by atoms with Crippen LogP contribution in [0.4, 0.5) is 17.6 Å². The summed E-state index contributed by atoms with van der Waals surface area (Å²) in [6, 6.07) is 0. The summed E-state index contributed by atoms with van der Waals surface area (Å²) in [5.41, 5.74) is 4.37. The minimum atomic E-state index is -3.92. The molecule has 0 amide bonds. The molecule has 1 nitrogen and oxygen atoms in total. The highest BCUT2D eigenvalue weighted by molar-refractivity contribution is 4.96. The lowest BCUT2D eigenvalue weighted by Crippen LogP contribution is -2.52. The Hall–Kier alpha value is -0.320. The molecule has 2 N–H and O–H groups in total. The zero-order valence-corrected chi connectivity index (χ0v) is 6.49. The summed E-state index contributed by atoms with van der Waals surface area (Å²) in [6.45, 7) is 0. The molecule has 0 aromatic carbocycles. The highest BCUT2D eigenvalue weighted by Gasteiger charge is 2.49. The van der Waals surface area contributed by atoms with E-state index in [0.29, 0.717) is 12.8 Å². The van der Waals surface area contributed by atoms with Gasteiger partial charge in [-0.2, -0.15) is 0 Å². The number of halogens is 4. The molecule has 1 aliphatic carbocycles. The van der Waals surface area contributed by atoms with Crippen LogP contribution in [0.15, 0.2) is 0 Å². The topological polar surface area (TPSA) is 26.0 Å². The van der Waals surface area contributed by atoms with Crippen molar-refractivity contribution in [1.29, 1.82) is 0 Å². The lowest BCUT2D eigenvalue weighted by atomic mass is 9.74. The Kier molecular flexibility index (Phi) is 2.33. The molecule has 0 bridgehead atoms. The molecule has 1 saturated carbocycles. The van der Waals surface area contributed by atoms with Crippen molar-refractivity contribution in [3.63, 3.8) is 0 Å². The van der Waals surface area contributed by atoms with Gasteiger partial charge in [-0.25, -0.2) is 17.6 Å². The Bertz CT molecular complexity index is 165. The summed E-state index contributed by atoms with van der Waals surface area (Å²) in [6.07, 6.45) is -2.88. The molecule has 1 fully saturated rings. The third-order valence-electron chi connectivity index (χ3n) is 2.26. The van der Waals surface area contributed by atoms with E-state index in [4.69, 9.17) is 5.73 Å². The zero-order valence-electron chi connectivity index (χ0n) is 6.49. The van der Waals surface area contributed by atoms with E-state index < -0.39 is 24.3 Å². The summed E-state index contributed by atoms with van der Waals surface area (Å²) in [7, 11) is 0. The summed E-state index contributed by atoms with van der Waals surface area (Å²) in [4.78, 5) is 0. The van der Waals surface area contributed by atoms with Gasteiger partial charge < -0.3 is 5.73 Å². The van der Waals surface area contributed by atoms with Crippen LogP contribution in [0, 0.1) is 0 Å². The molecule has 0 atom stereocenters. The molecule has 1 rings (SSSR count). The smallest absolute Gasteiger partial charge is 0.309 e. The number of hydrogen-bond acceptors (Lipinski definition) is 1. The predicted molar refractivity (Wildman–Crippen MR) is 36.3 cm³/mol. The van der Waals surface area contributed by atoms with E-state index in [1.807, 2.05) is 0 Å². The lowest BCUT2D eigenvalue weighted by molar-refractivity contribution is -0.148. The van der Waals surface area contributed by atoms with Gasteiger partial charge >= 0.3 is 12.3 Å². The van der Waals surface area contributed by atoms with Gasteiger partial charge in [0.05, 0.1) is 0 Å². The highest BCUT2D eigenvalue weighted by Crippen LogP contribution is 2.40. The van der Waals surface area contributed by atoms with Crippen molar-refractivity contribution in [2.75, 3.05) is 0 Å². The zero-order chi connectivity index (χ0) is 9.41. The van der Waals surface area contributed by atoms with E-state index in [0.717, 1.165) is 6.42 Å². The van der Waals surface area contributed by atoms with Crippen LogP contribution in [0.2, 0.25) is 0 Å². The Labute approximate surface area is 67.9 Å². The molecular weight excluding hydrogens is 174 g/mol. The molecule has 0 spiro atoms. The quantitative estimate of drug-likeness (QED) is 0.670. The summed E-state index contributed by atoms with van der Waals surface area (Å²) < 4.78 is 48.3. The molecule has 0 aromatic rings. The van der Waals surface area contributed by atoms with E-state index in [9.17, 15) is 17.6 Å². The van der Waals surface area contributed by atoms with Crippen molar-refractivity contribution in [3.8, 4) is 0 Å². The van der Waals surface area contributed by atoms with Gasteiger partial charge in [0, 0.05) is 12.0 Å². The van der Waals surface area contributed by atoms with E-state index in [1.54, 1.807) is 0 Å². The molecule has 1 aliphatic rings. The average Bonchev–Trinajstić information content (AvgIpc) is 1.83. The maximum Gasteiger partial charge on any atom is 0.309 e. The third-order valence-corrected chi connectivity index (χ3v) is 2.26. The second-order valence-electron chi connectivity index (χ2n) is 3.45. The van der Waals surface area contributed by atoms with Gasteiger partial charge in [0.15, 0.2) is 0 Å². The Balaban J connectivity index is 2.48. The minimum Gasteiger partial charge on any atom is -0.325 e. The molecule has 0 unspecified atom stereocenters. The first-order valence-electron chi connectivity index (χ1n) is 3.81. The monoisotopic (exact) mass is 185 g/mol. The van der Waals surface area contributed by atoms with Crippen molar-refractivity contribution in [1.82, 2.24) is 0 Å². The fourth-order valence-corrected chi connectivity index (χ4v) is 1.35. The number of alkyl halides is 4. The van der Waals surface area contributed by atoms with Gasteiger partial charge in [0.2, 0.25) is 0 Å². The van der Waals surface area contributed by atoms with Crippen LogP contribution in [0.1, 0.15) is 25.7 Å². The number of nitrogens with two attached hydrogens (primary N) is 1. The van der Waals surface area contributed by atoms with Crippen LogP contribution in [-0.4, -0.2) is 17.9 Å². The Morgan fingerprint density at radius 3 is 2.08 bits per heavy atom. The first-order valence-corrected chi connectivity index (χ1v) is 3.81. The lowest BCUT2D eigenvalue weighted by Gasteiger charge is -2.40. The summed E-state index contributed by atoms with van der Waals surface area (Å²) in [5.74, 6) is -3.92. The largest absolute Gasteiger partial charge is 0.325 e. The number of hydrogen-bond donors (Lipinski definition) is 1. The molecule has 0 aromatic heterocycles. The van der Waals surface area contributed by atoms with Crippen molar-refractivity contribution in [3.05, 3.63) is 0 Å². The Morgan fingerprint density at radius 1 is 1.33 bits per heavy atom. The van der Waals surface area contributed by atoms with E-state index in [2.05, 4.69) is 0 Å². The second kappa shape index (κ2) is 2.87. The van der Waals surface area contributed by atoms with Gasteiger partial charge in [0.25, 0.3) is 0 Å². The van der Waals surface area contributed by atoms with Crippen LogP contribution in [0.5, 0.6) is 0 Å². The SMILES string of the molecule is NC1(CC(F)(F)C(F)F)CCC1. The van der Waals surface area contributed by atoms with Gasteiger partial charge in [-0.3, -0.25) is 0 Å². The molecule has 0 heterocycles. The van der Waals surface area contributed by atoms with E-state index in [-0.39, 0.29) is 0 Å². The van der Waals surface area contributed by atoms with Crippen LogP contribution >= 0.6 is 0 Å². The van der Waals surface area contributed by atoms with Crippen molar-refractivity contribution >= 4 is 0 Å². The van der Waals surface area contributed by atoms with Crippen LogP contribution in [0.25, 0.3) is 0 Å². The van der Waals surface area contributed by atoms with Crippen molar-refractivity contribution in [2.45, 2.75) is 43.6 Å². The molecular formula is C7H11F4N. The van der Waals surface area contributed by atoms with Crippen LogP contribution in [0.3, 0.4) is 0 Å². The van der Waals surface area contributed by atoms with Crippen LogP contribution < -0.4 is 5.73 Å². The summed E-state index contributed by atoms with van der Waals surface area (Å²) >= 11 is 0. The summed E-state index contributed by atoms with van der Waals surface area (Å²) in [5, 5.41) is 0. The van der Waals surface area contributed by atoms with Gasteiger partial charge in [-0.1, -0.05) is 0 Å². The third kappa shape index (κ3) is 1.88. The predicted octanol–water partition coefficient (Wildman–Crippen LogP) is 2.16. The fourth-order valence-electron chi connectivity index (χ4n) is 1.35. The molecule has 12 heavy (non-hydrogen) atoms. The maximum absolute atomic E-state index is 12.4. The minimum absolute atomic E-state index is 0.426. The van der Waals surface area contributed by atoms with Gasteiger partial charge in [0.1, 0.15) is 0 Å². The van der Waals surface area contributed by atoms with E-state index in [1.165, 1.54) is 0 Å². The van der Waals surface area contributed by atoms with E-state index >= 15 is 0 Å². The molecule has 0 saturated heterocycles. The standard InChI is InChI=1S/C7H11F4N/c8-5(9)7(10,11)4-6(12)2-1-3-6/h5H,1-4,12H2. The average molecular weight is 185 g/mol. The first-order chi connectivity index (χ1) is 5.36. The molecule has 0 radical (unpaired) electrons.